The predicted octanol–water partition coefficient (Wildman–Crippen LogP) is 6.33. The summed E-state index contributed by atoms with van der Waals surface area (Å²) in [6.45, 7) is 2.74. The number of ether oxygens (including phenoxy) is 2. The fraction of sp³-hybridized carbons (Fsp3) is 0.136. The van der Waals surface area contributed by atoms with Gasteiger partial charge in [0, 0.05) is 16.3 Å². The van der Waals surface area contributed by atoms with Gasteiger partial charge in [-0.25, -0.2) is 0 Å². The first-order valence-corrected chi connectivity index (χ1v) is 9.94. The van der Waals surface area contributed by atoms with E-state index in [0.717, 1.165) is 5.56 Å². The summed E-state index contributed by atoms with van der Waals surface area (Å²) in [5.41, 5.74) is 2.09. The number of amides is 1. The molecule has 28 heavy (non-hydrogen) atoms. The van der Waals surface area contributed by atoms with Gasteiger partial charge >= 0.3 is 0 Å². The van der Waals surface area contributed by atoms with Crippen LogP contribution in [0.5, 0.6) is 11.5 Å². The monoisotopic (exact) mass is 459 g/mol. The molecule has 1 N–H and O–H groups in total. The maximum Gasteiger partial charge on any atom is 0.255 e. The molecule has 3 rings (SSSR count). The third kappa shape index (κ3) is 5.27. The van der Waals surface area contributed by atoms with Crippen molar-refractivity contribution in [3.05, 3.63) is 87.4 Å². The minimum Gasteiger partial charge on any atom is -0.489 e. The van der Waals surface area contributed by atoms with Crippen LogP contribution in [0.1, 0.15) is 22.8 Å². The Morgan fingerprint density at radius 1 is 1.04 bits per heavy atom. The van der Waals surface area contributed by atoms with Crippen LogP contribution >= 0.6 is 27.5 Å². The molecule has 144 valence electrons. The Bertz CT molecular complexity index is 963. The molecule has 6 heteroatoms. The number of halogens is 2. The van der Waals surface area contributed by atoms with Gasteiger partial charge in [0.2, 0.25) is 0 Å². The van der Waals surface area contributed by atoms with Crippen molar-refractivity contribution in [2.45, 2.75) is 13.5 Å². The van der Waals surface area contributed by atoms with Crippen LogP contribution in [0.4, 0.5) is 5.69 Å². The molecule has 0 fully saturated rings. The quantitative estimate of drug-likeness (QED) is 0.448. The summed E-state index contributed by atoms with van der Waals surface area (Å²) in [6.07, 6.45) is 0. The van der Waals surface area contributed by atoms with Crippen molar-refractivity contribution in [3.8, 4) is 11.5 Å². The largest absolute Gasteiger partial charge is 0.489 e. The number of hydrogen-bond acceptors (Lipinski definition) is 3. The molecule has 0 spiro atoms. The highest BCUT2D eigenvalue weighted by Crippen LogP contribution is 2.37. The van der Waals surface area contributed by atoms with Crippen LogP contribution in [0.25, 0.3) is 0 Å². The van der Waals surface area contributed by atoms with Gasteiger partial charge in [0.15, 0.2) is 11.5 Å². The molecule has 0 aromatic heterocycles. The topological polar surface area (TPSA) is 47.6 Å². The lowest BCUT2D eigenvalue weighted by atomic mass is 10.1. The Kier molecular flexibility index (Phi) is 6.95. The average Bonchev–Trinajstić information content (AvgIpc) is 2.69. The smallest absolute Gasteiger partial charge is 0.255 e. The minimum atomic E-state index is -0.268. The zero-order valence-electron chi connectivity index (χ0n) is 15.2. The highest BCUT2D eigenvalue weighted by atomic mass is 79.9. The molecule has 0 aliphatic heterocycles. The average molecular weight is 461 g/mol. The lowest BCUT2D eigenvalue weighted by Gasteiger charge is -2.15. The zero-order valence-corrected chi connectivity index (χ0v) is 17.6. The second-order valence-electron chi connectivity index (χ2n) is 5.96. The molecule has 0 bridgehead atoms. The van der Waals surface area contributed by atoms with E-state index in [1.54, 1.807) is 36.4 Å². The van der Waals surface area contributed by atoms with Gasteiger partial charge in [0.05, 0.1) is 11.1 Å². The van der Waals surface area contributed by atoms with Crippen molar-refractivity contribution in [2.75, 3.05) is 11.9 Å². The van der Waals surface area contributed by atoms with Crippen molar-refractivity contribution in [1.82, 2.24) is 0 Å². The standard InChI is InChI=1S/C22H19BrClNO3/c1-2-27-21-19(23)11-16(22(26)25-18-10-6-9-17(24)13-18)12-20(21)28-14-15-7-4-3-5-8-15/h3-13H,2,14H2,1H3,(H,25,26). The molecule has 0 heterocycles. The molecule has 0 aliphatic rings. The Hall–Kier alpha value is -2.50. The Morgan fingerprint density at radius 3 is 2.54 bits per heavy atom. The first-order valence-electron chi connectivity index (χ1n) is 8.77. The van der Waals surface area contributed by atoms with Crippen LogP contribution in [-0.4, -0.2) is 12.5 Å². The molecule has 0 saturated heterocycles. The summed E-state index contributed by atoms with van der Waals surface area (Å²) >= 11 is 9.47. The van der Waals surface area contributed by atoms with Gasteiger partial charge in [-0.05, 0) is 58.7 Å². The second-order valence-corrected chi connectivity index (χ2v) is 7.25. The van der Waals surface area contributed by atoms with E-state index in [2.05, 4.69) is 21.2 Å². The first-order chi connectivity index (χ1) is 13.6. The number of carbonyl (C=O) groups excluding carboxylic acids is 1. The lowest BCUT2D eigenvalue weighted by Crippen LogP contribution is -2.12. The van der Waals surface area contributed by atoms with Gasteiger partial charge in [0.1, 0.15) is 6.61 Å². The zero-order chi connectivity index (χ0) is 19.9. The molecule has 3 aromatic rings. The van der Waals surface area contributed by atoms with Crippen molar-refractivity contribution < 1.29 is 14.3 Å². The predicted molar refractivity (Wildman–Crippen MR) is 115 cm³/mol. The molecular weight excluding hydrogens is 442 g/mol. The number of benzene rings is 3. The lowest BCUT2D eigenvalue weighted by molar-refractivity contribution is 0.102. The molecule has 3 aromatic carbocycles. The molecule has 0 unspecified atom stereocenters. The highest BCUT2D eigenvalue weighted by Gasteiger charge is 2.16. The molecule has 4 nitrogen and oxygen atoms in total. The second kappa shape index (κ2) is 9.62. The third-order valence-electron chi connectivity index (χ3n) is 3.88. The van der Waals surface area contributed by atoms with Gasteiger partial charge < -0.3 is 14.8 Å². The fourth-order valence-electron chi connectivity index (χ4n) is 2.60. The van der Waals surface area contributed by atoms with Crippen molar-refractivity contribution in [1.29, 1.82) is 0 Å². The van der Waals surface area contributed by atoms with Gasteiger partial charge in [-0.15, -0.1) is 0 Å². The van der Waals surface area contributed by atoms with Crippen LogP contribution in [0.3, 0.4) is 0 Å². The molecule has 0 aliphatic carbocycles. The third-order valence-corrected chi connectivity index (χ3v) is 4.70. The number of rotatable bonds is 7. The normalized spacial score (nSPS) is 10.4. The summed E-state index contributed by atoms with van der Waals surface area (Å²) in [5, 5.41) is 3.39. The van der Waals surface area contributed by atoms with E-state index in [1.165, 1.54) is 0 Å². The van der Waals surface area contributed by atoms with E-state index in [4.69, 9.17) is 21.1 Å². The first kappa shape index (κ1) is 20.2. The number of hydrogen-bond donors (Lipinski definition) is 1. The molecule has 0 atom stereocenters. The van der Waals surface area contributed by atoms with E-state index in [0.29, 0.717) is 45.5 Å². The summed E-state index contributed by atoms with van der Waals surface area (Å²) in [6, 6.07) is 20.2. The Labute approximate surface area is 177 Å². The van der Waals surface area contributed by atoms with E-state index in [-0.39, 0.29) is 5.91 Å². The van der Waals surface area contributed by atoms with Crippen LogP contribution in [0, 0.1) is 0 Å². The van der Waals surface area contributed by atoms with E-state index in [1.807, 2.05) is 37.3 Å². The Balaban J connectivity index is 1.85. The molecule has 0 radical (unpaired) electrons. The van der Waals surface area contributed by atoms with Gasteiger partial charge in [-0.2, -0.15) is 0 Å². The van der Waals surface area contributed by atoms with Crippen LogP contribution in [0.2, 0.25) is 5.02 Å². The van der Waals surface area contributed by atoms with Gasteiger partial charge in [0.25, 0.3) is 5.91 Å². The van der Waals surface area contributed by atoms with Crippen LogP contribution in [0.15, 0.2) is 71.2 Å². The Morgan fingerprint density at radius 2 is 1.82 bits per heavy atom. The van der Waals surface area contributed by atoms with Crippen molar-refractivity contribution >= 4 is 39.1 Å². The van der Waals surface area contributed by atoms with Crippen LogP contribution < -0.4 is 14.8 Å². The molecule has 1 amide bonds. The van der Waals surface area contributed by atoms with Gasteiger partial charge in [-0.1, -0.05) is 48.0 Å². The molecular formula is C22H19BrClNO3. The maximum absolute atomic E-state index is 12.7. The number of anilines is 1. The summed E-state index contributed by atoms with van der Waals surface area (Å²) < 4.78 is 12.3. The highest BCUT2D eigenvalue weighted by molar-refractivity contribution is 9.10. The molecule has 0 saturated carbocycles. The minimum absolute atomic E-state index is 0.268. The summed E-state index contributed by atoms with van der Waals surface area (Å²) in [5.74, 6) is 0.796. The van der Waals surface area contributed by atoms with Crippen LogP contribution in [-0.2, 0) is 6.61 Å². The fourth-order valence-corrected chi connectivity index (χ4v) is 3.34. The summed E-state index contributed by atoms with van der Waals surface area (Å²) in [4.78, 5) is 12.7. The van der Waals surface area contributed by atoms with Gasteiger partial charge in [-0.3, -0.25) is 4.79 Å². The van der Waals surface area contributed by atoms with E-state index < -0.39 is 0 Å². The SMILES string of the molecule is CCOc1c(Br)cc(C(=O)Nc2cccc(Cl)c2)cc1OCc1ccccc1. The maximum atomic E-state index is 12.7. The number of carbonyl (C=O) groups is 1. The van der Waals surface area contributed by atoms with E-state index >= 15 is 0 Å². The number of nitrogens with one attached hydrogen (secondary N) is 1. The summed E-state index contributed by atoms with van der Waals surface area (Å²) in [7, 11) is 0. The van der Waals surface area contributed by atoms with E-state index in [9.17, 15) is 4.79 Å². The van der Waals surface area contributed by atoms with Crippen molar-refractivity contribution in [3.63, 3.8) is 0 Å². The van der Waals surface area contributed by atoms with Crippen molar-refractivity contribution in [2.24, 2.45) is 0 Å².